The number of nitrogens with zero attached hydrogens (tertiary/aromatic N) is 2. The summed E-state index contributed by atoms with van der Waals surface area (Å²) >= 11 is 0. The highest BCUT2D eigenvalue weighted by Crippen LogP contribution is 2.26. The van der Waals surface area contributed by atoms with Crippen LogP contribution in [0, 0.1) is 25.2 Å². The fraction of sp³-hybridized carbons (Fsp3) is 0.286. The summed E-state index contributed by atoms with van der Waals surface area (Å²) in [7, 11) is 1.94. The fourth-order valence-corrected chi connectivity index (χ4v) is 2.19. The number of hydrogen-bond acceptors (Lipinski definition) is 2. The Balaban J connectivity index is 2.76. The Kier molecular flexibility index (Phi) is 2.72. The van der Waals surface area contributed by atoms with Crippen molar-refractivity contribution < 1.29 is 4.79 Å². The molecule has 3 heteroatoms. The van der Waals surface area contributed by atoms with Crippen LogP contribution >= 0.6 is 0 Å². The summed E-state index contributed by atoms with van der Waals surface area (Å²) in [6.07, 6.45) is -0.0617. The van der Waals surface area contributed by atoms with Crippen molar-refractivity contribution in [3.8, 4) is 6.07 Å². The van der Waals surface area contributed by atoms with Crippen molar-refractivity contribution in [2.24, 2.45) is 7.05 Å². The van der Waals surface area contributed by atoms with Gasteiger partial charge in [0.2, 0.25) is 0 Å². The number of nitriles is 1. The molecule has 0 aliphatic rings. The van der Waals surface area contributed by atoms with Crippen molar-refractivity contribution in [2.75, 3.05) is 0 Å². The van der Waals surface area contributed by atoms with Crippen LogP contribution in [-0.4, -0.2) is 10.4 Å². The number of aryl methyl sites for hydroxylation is 2. The number of carbonyl (C=O) groups is 1. The normalized spacial score (nSPS) is 10.5. The van der Waals surface area contributed by atoms with Crippen LogP contribution in [0.25, 0.3) is 10.9 Å². The lowest BCUT2D eigenvalue weighted by molar-refractivity contribution is 0.0998. The Morgan fingerprint density at radius 3 is 2.76 bits per heavy atom. The number of carbonyl (C=O) groups excluding carboxylic acids is 1. The minimum atomic E-state index is -0.0977. The van der Waals surface area contributed by atoms with E-state index in [1.807, 2.05) is 43.7 Å². The van der Waals surface area contributed by atoms with Crippen LogP contribution in [0.15, 0.2) is 18.2 Å². The highest BCUT2D eigenvalue weighted by molar-refractivity contribution is 6.10. The molecule has 2 rings (SSSR count). The van der Waals surface area contributed by atoms with Gasteiger partial charge in [0.1, 0.15) is 0 Å². The first-order chi connectivity index (χ1) is 8.06. The first-order valence-corrected chi connectivity index (χ1v) is 5.52. The Hall–Kier alpha value is -2.08. The van der Waals surface area contributed by atoms with Crippen LogP contribution in [0.3, 0.4) is 0 Å². The lowest BCUT2D eigenvalue weighted by Crippen LogP contribution is -2.00. The van der Waals surface area contributed by atoms with Crippen LogP contribution in [0.1, 0.15) is 28.0 Å². The molecule has 0 fully saturated rings. The maximum Gasteiger partial charge on any atom is 0.179 e. The van der Waals surface area contributed by atoms with Crippen LogP contribution in [-0.2, 0) is 7.05 Å². The molecule has 3 nitrogen and oxygen atoms in total. The SMILES string of the molecule is Cc1ccc2c(C(=O)CC#N)c(C)n(C)c2c1. The van der Waals surface area contributed by atoms with Crippen molar-refractivity contribution >= 4 is 16.7 Å². The first-order valence-electron chi connectivity index (χ1n) is 5.52. The van der Waals surface area contributed by atoms with Gasteiger partial charge >= 0.3 is 0 Å². The van der Waals surface area contributed by atoms with E-state index in [0.717, 1.165) is 22.2 Å². The van der Waals surface area contributed by atoms with E-state index in [4.69, 9.17) is 5.26 Å². The minimum absolute atomic E-state index is 0.0617. The number of fused-ring (bicyclic) bond motifs is 1. The second-order valence-electron chi connectivity index (χ2n) is 4.30. The van der Waals surface area contributed by atoms with Gasteiger partial charge in [0, 0.05) is 29.2 Å². The van der Waals surface area contributed by atoms with E-state index in [1.54, 1.807) is 0 Å². The molecule has 1 aromatic heterocycles. The minimum Gasteiger partial charge on any atom is -0.347 e. The van der Waals surface area contributed by atoms with Gasteiger partial charge in [-0.1, -0.05) is 12.1 Å². The topological polar surface area (TPSA) is 45.8 Å². The maximum absolute atomic E-state index is 11.9. The number of rotatable bonds is 2. The third-order valence-electron chi connectivity index (χ3n) is 3.17. The van der Waals surface area contributed by atoms with Gasteiger partial charge in [-0.05, 0) is 25.5 Å². The van der Waals surface area contributed by atoms with Crippen molar-refractivity contribution in [2.45, 2.75) is 20.3 Å². The zero-order chi connectivity index (χ0) is 12.6. The Labute approximate surface area is 100 Å². The van der Waals surface area contributed by atoms with Crippen LogP contribution in [0.5, 0.6) is 0 Å². The lowest BCUT2D eigenvalue weighted by atomic mass is 10.0. The van der Waals surface area contributed by atoms with Gasteiger partial charge in [0.05, 0.1) is 12.5 Å². The summed E-state index contributed by atoms with van der Waals surface area (Å²) in [5.41, 5.74) is 3.82. The molecule has 0 N–H and O–H groups in total. The lowest BCUT2D eigenvalue weighted by Gasteiger charge is -1.99. The smallest absolute Gasteiger partial charge is 0.179 e. The first kappa shape index (κ1) is 11.4. The molecule has 0 aliphatic heterocycles. The van der Waals surface area contributed by atoms with Gasteiger partial charge in [0.15, 0.2) is 5.78 Å². The van der Waals surface area contributed by atoms with Gasteiger partial charge in [-0.2, -0.15) is 5.26 Å². The quantitative estimate of drug-likeness (QED) is 0.739. The number of benzene rings is 1. The molecule has 86 valence electrons. The van der Waals surface area contributed by atoms with Gasteiger partial charge in [-0.25, -0.2) is 0 Å². The monoisotopic (exact) mass is 226 g/mol. The van der Waals surface area contributed by atoms with E-state index in [9.17, 15) is 4.79 Å². The molecular formula is C14H14N2O. The van der Waals surface area contributed by atoms with Crippen molar-refractivity contribution in [3.63, 3.8) is 0 Å². The molecule has 1 heterocycles. The van der Waals surface area contributed by atoms with E-state index >= 15 is 0 Å². The van der Waals surface area contributed by atoms with Gasteiger partial charge in [-0.15, -0.1) is 0 Å². The summed E-state index contributed by atoms with van der Waals surface area (Å²) in [5, 5.41) is 9.57. The number of hydrogen-bond donors (Lipinski definition) is 0. The standard InChI is InChI=1S/C14H14N2O/c1-9-4-5-11-12(8-9)16(3)10(2)14(11)13(17)6-7-15/h4-5,8H,6H2,1-3H3. The largest absolute Gasteiger partial charge is 0.347 e. The zero-order valence-electron chi connectivity index (χ0n) is 10.2. The number of ketones is 1. The summed E-state index contributed by atoms with van der Waals surface area (Å²) in [5.74, 6) is -0.0977. The van der Waals surface area contributed by atoms with Crippen LogP contribution in [0.4, 0.5) is 0 Å². The fourth-order valence-electron chi connectivity index (χ4n) is 2.19. The van der Waals surface area contributed by atoms with E-state index in [1.165, 1.54) is 0 Å². The van der Waals surface area contributed by atoms with Gasteiger partial charge in [-0.3, -0.25) is 4.79 Å². The average molecular weight is 226 g/mol. The van der Waals surface area contributed by atoms with Crippen molar-refractivity contribution in [3.05, 3.63) is 35.0 Å². The average Bonchev–Trinajstić information content (AvgIpc) is 2.53. The van der Waals surface area contributed by atoms with Gasteiger partial charge < -0.3 is 4.57 Å². The van der Waals surface area contributed by atoms with E-state index in [2.05, 4.69) is 6.07 Å². The second-order valence-corrected chi connectivity index (χ2v) is 4.30. The molecule has 17 heavy (non-hydrogen) atoms. The molecule has 0 spiro atoms. The Morgan fingerprint density at radius 2 is 2.12 bits per heavy atom. The molecule has 2 aromatic rings. The maximum atomic E-state index is 11.9. The highest BCUT2D eigenvalue weighted by atomic mass is 16.1. The Bertz CT molecular complexity index is 644. The van der Waals surface area contributed by atoms with E-state index < -0.39 is 0 Å². The summed E-state index contributed by atoms with van der Waals surface area (Å²) in [6.45, 7) is 3.94. The second kappa shape index (κ2) is 4.06. The Morgan fingerprint density at radius 1 is 1.41 bits per heavy atom. The summed E-state index contributed by atoms with van der Waals surface area (Å²) in [6, 6.07) is 7.93. The third-order valence-corrected chi connectivity index (χ3v) is 3.17. The molecule has 0 saturated carbocycles. The van der Waals surface area contributed by atoms with E-state index in [-0.39, 0.29) is 12.2 Å². The predicted molar refractivity (Wildman–Crippen MR) is 67.0 cm³/mol. The molecule has 0 radical (unpaired) electrons. The molecule has 0 saturated heterocycles. The van der Waals surface area contributed by atoms with Crippen molar-refractivity contribution in [1.29, 1.82) is 5.26 Å². The summed E-state index contributed by atoms with van der Waals surface area (Å²) in [4.78, 5) is 11.9. The van der Waals surface area contributed by atoms with E-state index in [0.29, 0.717) is 5.56 Å². The number of Topliss-reactive ketones (excluding diaryl/α,β-unsaturated/α-hetero) is 1. The van der Waals surface area contributed by atoms with Crippen molar-refractivity contribution in [1.82, 2.24) is 4.57 Å². The molecule has 0 aliphatic carbocycles. The molecule has 0 bridgehead atoms. The molecule has 1 aromatic carbocycles. The predicted octanol–water partition coefficient (Wildman–Crippen LogP) is 2.89. The van der Waals surface area contributed by atoms with Crippen LogP contribution in [0.2, 0.25) is 0 Å². The molecule has 0 unspecified atom stereocenters. The third kappa shape index (κ3) is 1.72. The molecule has 0 atom stereocenters. The molecule has 0 amide bonds. The molecular weight excluding hydrogens is 212 g/mol. The van der Waals surface area contributed by atoms with Crippen LogP contribution < -0.4 is 0 Å². The zero-order valence-corrected chi connectivity index (χ0v) is 10.2. The van der Waals surface area contributed by atoms with Gasteiger partial charge in [0.25, 0.3) is 0 Å². The number of aromatic nitrogens is 1. The summed E-state index contributed by atoms with van der Waals surface area (Å²) < 4.78 is 2.01. The highest BCUT2D eigenvalue weighted by Gasteiger charge is 2.17.